The number of sulfonamides is 1. The van der Waals surface area contributed by atoms with E-state index in [0.29, 0.717) is 23.6 Å². The zero-order valence-electron chi connectivity index (χ0n) is 47.5. The first-order chi connectivity index (χ1) is 38.8. The summed E-state index contributed by atoms with van der Waals surface area (Å²) in [5.41, 5.74) is 4.81. The Morgan fingerprint density at radius 2 is 1.58 bits per heavy atom. The largest absolute Gasteiger partial charge is 0.444 e. The number of thioether (sulfide) groups is 1. The monoisotopic (exact) mass is 1160 g/mol. The lowest BCUT2D eigenvalue weighted by Gasteiger charge is -2.45. The molecule has 2 amide bonds. The van der Waals surface area contributed by atoms with Gasteiger partial charge in [0.15, 0.2) is 0 Å². The molecule has 2 bridgehead atoms. The van der Waals surface area contributed by atoms with Gasteiger partial charge >= 0.3 is 6.09 Å². The minimum absolute atomic E-state index is 0.155. The molecule has 5 heterocycles. The molecule has 81 heavy (non-hydrogen) atoms. The Kier molecular flexibility index (Phi) is 18.7. The maximum Gasteiger partial charge on any atom is 0.410 e. The van der Waals surface area contributed by atoms with Crippen LogP contribution in [-0.4, -0.2) is 160 Å². The smallest absolute Gasteiger partial charge is 0.410 e. The highest BCUT2D eigenvalue weighted by molar-refractivity contribution is 7.99. The normalized spacial score (nSPS) is 23.2. The van der Waals surface area contributed by atoms with Gasteiger partial charge in [0, 0.05) is 111 Å². The van der Waals surface area contributed by atoms with Crippen molar-refractivity contribution in [2.75, 3.05) is 101 Å². The molecule has 4 aromatic carbocycles. The summed E-state index contributed by atoms with van der Waals surface area (Å²) in [5.74, 6) is 1.19. The first-order valence-electron chi connectivity index (χ1n) is 29.2. The SMILES string of the molecule is CC1(CN2CCC(C3CCN(C(=O)OC(C)(C)C)CC3)CC2)CCC(c2ccc(Cl)cc2)=C(CN2CCN(c3ccc(C(=O)NS(=O)(=O)c4ccc(N[C@H](CCN5C[C@H]6C[C@@H]5CO6)CSc5ccccc5)c([N+](=O)[O-])c4)cc3)CC2)C1. The van der Waals surface area contributed by atoms with E-state index in [1.807, 2.05) is 80.3 Å². The number of allylic oxidation sites excluding steroid dienone is 1. The van der Waals surface area contributed by atoms with Crippen molar-refractivity contribution in [2.24, 2.45) is 17.3 Å². The van der Waals surface area contributed by atoms with E-state index in [1.165, 1.54) is 41.7 Å². The summed E-state index contributed by atoms with van der Waals surface area (Å²) in [7, 11) is -4.48. The second kappa shape index (κ2) is 25.7. The highest BCUT2D eigenvalue weighted by atomic mass is 35.5. The molecular weight excluding hydrogens is 1080 g/mol. The number of amides is 2. The summed E-state index contributed by atoms with van der Waals surface area (Å²) in [4.78, 5) is 50.8. The number of carbonyl (C=O) groups excluding carboxylic acids is 2. The highest BCUT2D eigenvalue weighted by Crippen LogP contribution is 2.45. The summed E-state index contributed by atoms with van der Waals surface area (Å²) in [6, 6.07) is 29.2. The number of rotatable bonds is 19. The van der Waals surface area contributed by atoms with E-state index in [-0.39, 0.29) is 45.5 Å². The van der Waals surface area contributed by atoms with Gasteiger partial charge in [-0.2, -0.15) is 0 Å². The van der Waals surface area contributed by atoms with Gasteiger partial charge in [0.05, 0.1) is 22.5 Å². The predicted octanol–water partition coefficient (Wildman–Crippen LogP) is 10.9. The molecule has 436 valence electrons. The Hall–Kier alpha value is -5.21. The van der Waals surface area contributed by atoms with Crippen molar-refractivity contribution in [3.05, 3.63) is 129 Å². The minimum Gasteiger partial charge on any atom is -0.444 e. The fourth-order valence-corrected chi connectivity index (χ4v) is 15.4. The lowest BCUT2D eigenvalue weighted by atomic mass is 9.70. The number of ether oxygens (including phenoxy) is 2. The van der Waals surface area contributed by atoms with Crippen molar-refractivity contribution in [2.45, 2.75) is 119 Å². The Labute approximate surface area is 488 Å². The molecule has 19 heteroatoms. The maximum absolute atomic E-state index is 13.7. The molecule has 10 rings (SSSR count). The van der Waals surface area contributed by atoms with Gasteiger partial charge in [-0.05, 0) is 181 Å². The minimum atomic E-state index is -4.48. The van der Waals surface area contributed by atoms with E-state index in [9.17, 15) is 28.1 Å². The van der Waals surface area contributed by atoms with E-state index < -0.39 is 26.5 Å². The second-order valence-corrected chi connectivity index (χ2v) is 28.0. The first-order valence-corrected chi connectivity index (χ1v) is 32.1. The number of likely N-dealkylation sites (tertiary alicyclic amines) is 3. The number of benzene rings is 4. The van der Waals surface area contributed by atoms with E-state index in [1.54, 1.807) is 23.9 Å². The quantitative estimate of drug-likeness (QED) is 0.0516. The summed E-state index contributed by atoms with van der Waals surface area (Å²) in [5, 5.41) is 16.6. The molecule has 0 radical (unpaired) electrons. The molecule has 2 N–H and O–H groups in total. The van der Waals surface area contributed by atoms with E-state index >= 15 is 0 Å². The molecule has 1 unspecified atom stereocenters. The van der Waals surface area contributed by atoms with E-state index in [0.717, 1.165) is 152 Å². The molecular formula is C62H81ClN8O8S2. The Balaban J connectivity index is 0.720. The van der Waals surface area contributed by atoms with Crippen LogP contribution >= 0.6 is 23.4 Å². The van der Waals surface area contributed by atoms with Crippen LogP contribution in [0.2, 0.25) is 5.02 Å². The fourth-order valence-electron chi connectivity index (χ4n) is 13.3. The standard InChI is InChI=1S/C62H81ClN8O8S2/c1-61(2,3)79-60(73)69-29-23-45(24-30-69)44-21-27-67(28-22-44)43-62(4)26-20-56(46-10-14-49(63)15-11-46)48(38-62)39-66-32-34-68(35-33-66)51-16-12-47(13-17-51)59(72)65-81(76,77)55-18-19-57(58(37-55)71(74)75)64-50(42-80-54-8-6-5-7-9-54)25-31-70-40-53-36-52(70)41-78-53/h5-19,37,44-45,50,52-53,64H,20-36,38-43H2,1-4H3,(H,65,72)/t50-,52-,53-,62?/m1/s1. The van der Waals surface area contributed by atoms with Gasteiger partial charge in [-0.3, -0.25) is 24.7 Å². The number of nitro benzene ring substituents is 1. The lowest BCUT2D eigenvalue weighted by molar-refractivity contribution is -0.384. The molecule has 5 fully saturated rings. The third-order valence-electron chi connectivity index (χ3n) is 17.7. The number of halogens is 1. The molecule has 6 aliphatic rings. The van der Waals surface area contributed by atoms with Crippen LogP contribution < -0.4 is 14.9 Å². The first kappa shape index (κ1) is 59.0. The topological polar surface area (TPSA) is 170 Å². The van der Waals surface area contributed by atoms with Gasteiger partial charge in [-0.25, -0.2) is 17.9 Å². The van der Waals surface area contributed by atoms with Crippen molar-refractivity contribution in [1.82, 2.24) is 24.3 Å². The number of hydrogen-bond donors (Lipinski definition) is 2. The number of nitro groups is 1. The van der Waals surface area contributed by atoms with Gasteiger partial charge in [-0.15, -0.1) is 11.8 Å². The van der Waals surface area contributed by atoms with Crippen molar-refractivity contribution >= 4 is 68.0 Å². The molecule has 5 aliphatic heterocycles. The number of carbonyl (C=O) groups is 2. The van der Waals surface area contributed by atoms with Gasteiger partial charge in [0.1, 0.15) is 11.3 Å². The van der Waals surface area contributed by atoms with Crippen LogP contribution in [0.1, 0.15) is 101 Å². The van der Waals surface area contributed by atoms with Crippen LogP contribution in [0.15, 0.2) is 112 Å². The number of piperazine rings is 1. The van der Waals surface area contributed by atoms with Crippen LogP contribution in [0, 0.1) is 27.4 Å². The Bertz CT molecular complexity index is 2980. The van der Waals surface area contributed by atoms with Crippen molar-refractivity contribution < 1.29 is 32.4 Å². The second-order valence-electron chi connectivity index (χ2n) is 24.8. The van der Waals surface area contributed by atoms with Crippen molar-refractivity contribution in [3.8, 4) is 0 Å². The number of nitrogens with one attached hydrogen (secondary N) is 2. The number of fused-ring (bicyclic) bond motifs is 2. The Morgan fingerprint density at radius 3 is 2.22 bits per heavy atom. The highest BCUT2D eigenvalue weighted by Gasteiger charge is 2.40. The zero-order chi connectivity index (χ0) is 56.9. The molecule has 5 saturated heterocycles. The number of hydrogen-bond acceptors (Lipinski definition) is 14. The van der Waals surface area contributed by atoms with Gasteiger partial charge in [0.2, 0.25) is 0 Å². The average molecular weight is 1170 g/mol. The van der Waals surface area contributed by atoms with Gasteiger partial charge in [0.25, 0.3) is 21.6 Å². The van der Waals surface area contributed by atoms with Crippen LogP contribution in [0.3, 0.4) is 0 Å². The van der Waals surface area contributed by atoms with Gasteiger partial charge in [-0.1, -0.05) is 54.4 Å². The molecule has 4 atom stereocenters. The summed E-state index contributed by atoms with van der Waals surface area (Å²) < 4.78 is 41.0. The number of anilines is 2. The van der Waals surface area contributed by atoms with Crippen LogP contribution in [0.4, 0.5) is 21.9 Å². The number of morpholine rings is 1. The summed E-state index contributed by atoms with van der Waals surface area (Å²) in [6.07, 6.45) is 9.56. The zero-order valence-corrected chi connectivity index (χ0v) is 49.9. The molecule has 0 spiro atoms. The fraction of sp³-hybridized carbons (Fsp3) is 0.548. The van der Waals surface area contributed by atoms with Crippen molar-refractivity contribution in [1.29, 1.82) is 0 Å². The van der Waals surface area contributed by atoms with Gasteiger partial charge < -0.3 is 29.5 Å². The maximum atomic E-state index is 13.7. The van der Waals surface area contributed by atoms with Crippen LogP contribution in [-0.2, 0) is 19.5 Å². The number of nitrogens with zero attached hydrogens (tertiary/aromatic N) is 6. The molecule has 1 aliphatic carbocycles. The van der Waals surface area contributed by atoms with E-state index in [4.69, 9.17) is 21.1 Å². The molecule has 0 saturated carbocycles. The van der Waals surface area contributed by atoms with E-state index in [2.05, 4.69) is 48.7 Å². The summed E-state index contributed by atoms with van der Waals surface area (Å²) >= 11 is 8.04. The summed E-state index contributed by atoms with van der Waals surface area (Å²) in [6.45, 7) is 19.8. The van der Waals surface area contributed by atoms with Crippen LogP contribution in [0.25, 0.3) is 5.57 Å². The molecule has 0 aromatic heterocycles. The predicted molar refractivity (Wildman–Crippen MR) is 322 cm³/mol. The Morgan fingerprint density at radius 1 is 0.889 bits per heavy atom. The molecule has 16 nitrogen and oxygen atoms in total. The number of piperidine rings is 2. The van der Waals surface area contributed by atoms with Crippen molar-refractivity contribution in [3.63, 3.8) is 0 Å². The third kappa shape index (κ3) is 15.3. The molecule has 4 aromatic rings. The van der Waals surface area contributed by atoms with Crippen LogP contribution in [0.5, 0.6) is 0 Å². The lowest BCUT2D eigenvalue weighted by Crippen LogP contribution is -2.48. The average Bonchev–Trinajstić information content (AvgIpc) is 4.15. The third-order valence-corrected chi connectivity index (χ3v) is 20.4.